The minimum atomic E-state index is -0.469. The molecule has 6 heterocycles. The fraction of sp³-hybridized carbons (Fsp3) is 0.194. The summed E-state index contributed by atoms with van der Waals surface area (Å²) in [5.41, 5.74) is 27.3. The Bertz CT molecular complexity index is 6290. The second kappa shape index (κ2) is 71.7. The molecule has 0 spiro atoms. The van der Waals surface area contributed by atoms with Gasteiger partial charge in [0.25, 0.3) is 22.7 Å². The molecular weight excluding hydrogens is 2330 g/mol. The summed E-state index contributed by atoms with van der Waals surface area (Å²) in [4.78, 5) is 90.8. The number of carbonyl (C=O) groups is 3. The third-order valence-electron chi connectivity index (χ3n) is 20.0. The number of nitrogens with two attached hydrogens (primary N) is 2. The Morgan fingerprint density at radius 2 is 0.536 bits per heavy atom. The fourth-order valence-corrected chi connectivity index (χ4v) is 24.6. The number of benzene rings is 12. The minimum absolute atomic E-state index is 0. The van der Waals surface area contributed by atoms with Crippen LogP contribution in [0.4, 0.5) is 51.2 Å². The molecule has 0 aromatic heterocycles. The predicted octanol–water partition coefficient (Wildman–Crippen LogP) is 29.8. The maximum Gasteiger partial charge on any atom is 0.297 e. The van der Waals surface area contributed by atoms with Crippen molar-refractivity contribution in [2.45, 2.75) is 201 Å². The molecule has 6 aliphatic rings. The van der Waals surface area contributed by atoms with E-state index in [2.05, 4.69) is 124 Å². The number of nitrogen functional groups attached to an aromatic ring is 2. The largest absolute Gasteiger partial charge is 0.398 e. The molecule has 6 atom stereocenters. The van der Waals surface area contributed by atoms with Crippen LogP contribution in [0.1, 0.15) is 171 Å². The van der Waals surface area contributed by atoms with Crippen LogP contribution in [0.15, 0.2) is 295 Å². The number of nitrogens with zero attached hydrogens (tertiary/aromatic N) is 4. The molecule has 736 valence electrons. The molecule has 12 aromatic rings. The van der Waals surface area contributed by atoms with Gasteiger partial charge in [0.1, 0.15) is 17.1 Å². The van der Waals surface area contributed by atoms with Gasteiger partial charge in [-0.1, -0.05) is 240 Å². The van der Waals surface area contributed by atoms with Crippen molar-refractivity contribution in [1.29, 1.82) is 0 Å². The van der Waals surface area contributed by atoms with Gasteiger partial charge in [0.05, 0.1) is 19.7 Å². The van der Waals surface area contributed by atoms with Gasteiger partial charge in [-0.25, -0.2) is 0 Å². The van der Waals surface area contributed by atoms with Crippen molar-refractivity contribution in [3.63, 3.8) is 0 Å². The summed E-state index contributed by atoms with van der Waals surface area (Å²) < 4.78 is 0. The molecule has 0 saturated heterocycles. The van der Waals surface area contributed by atoms with Crippen LogP contribution in [-0.4, -0.2) is 72.6 Å². The van der Waals surface area contributed by atoms with Crippen LogP contribution in [0.3, 0.4) is 0 Å². The maximum absolute atomic E-state index is 11.5. The van der Waals surface area contributed by atoms with E-state index < -0.39 is 30.8 Å². The Kier molecular flexibility index (Phi) is 74.2. The first kappa shape index (κ1) is 145. The topological polar surface area (TPSA) is 312 Å². The SMILES string of the molecule is C=S1c2ccccc2Cc2c(N)cccc21.C=S1c2ccccc2Cc2c([N+](=O)[O-])cccc21.C=S1c2ccccc2Cc2c1ccc(N)c2[N+](=O)[O-].C=S1c2ccccc2Cc2c1ccc(NC(C)=O)c2[N+](=O)[O-].C=S1c2ccccc2Cc2cc(NC(C)=O)c([N+](=O)[O-])cc21.C=S1c2ccccc2Cc2cc(NC(C)=O)ccc21.CC.CC.CC.CC.CC.CC.[CH3-].[CH3-].[CH3-].[CH3-].[CH3-].[CH3-].[Y].[Y].[Y].[Y].[Y].[Y]. The van der Waals surface area contributed by atoms with Gasteiger partial charge in [-0.15, -0.1) is 62.9 Å². The molecule has 20 nitrogen and oxygen atoms in total. The summed E-state index contributed by atoms with van der Waals surface area (Å²) in [6.45, 7) is 28.2. The monoisotopic (exact) mass is 2460 g/mol. The first-order chi connectivity index (χ1) is 61.6. The smallest absolute Gasteiger partial charge is 0.297 e. The van der Waals surface area contributed by atoms with E-state index in [1.807, 2.05) is 210 Å². The molecule has 18 rings (SSSR count). The van der Waals surface area contributed by atoms with Crippen LogP contribution in [0.2, 0.25) is 0 Å². The van der Waals surface area contributed by atoms with Gasteiger partial charge in [-0.3, -0.25) is 54.8 Å². The molecule has 0 fully saturated rings. The molecular formula is C108H133N9O11S6Y6-6. The molecule has 6 aliphatic heterocycles. The summed E-state index contributed by atoms with van der Waals surface area (Å²) in [6.07, 6.45) is 4.20. The van der Waals surface area contributed by atoms with Crippen LogP contribution < -0.4 is 27.4 Å². The first-order valence-corrected chi connectivity index (χ1v) is 50.5. The number of nitrogens with one attached hydrogen (secondary N) is 3. The maximum atomic E-state index is 11.5. The van der Waals surface area contributed by atoms with E-state index in [0.29, 0.717) is 36.8 Å². The van der Waals surface area contributed by atoms with Gasteiger partial charge < -0.3 is 72.0 Å². The van der Waals surface area contributed by atoms with E-state index in [1.54, 1.807) is 36.4 Å². The molecule has 3 amide bonds. The molecule has 12 aromatic carbocycles. The van der Waals surface area contributed by atoms with Crippen molar-refractivity contribution in [1.82, 2.24) is 0 Å². The fourth-order valence-electron chi connectivity index (χ4n) is 14.8. The molecule has 0 aliphatic carbocycles. The molecule has 32 heteroatoms. The van der Waals surface area contributed by atoms with Gasteiger partial charge in [0.15, 0.2) is 0 Å². The van der Waals surface area contributed by atoms with Gasteiger partial charge in [0, 0.05) is 342 Å². The van der Waals surface area contributed by atoms with Crippen LogP contribution >= 0.6 is 62.9 Å². The van der Waals surface area contributed by atoms with E-state index in [1.165, 1.54) is 73.1 Å². The van der Waals surface area contributed by atoms with Crippen molar-refractivity contribution in [2.24, 2.45) is 0 Å². The van der Waals surface area contributed by atoms with Crippen LogP contribution in [0.25, 0.3) is 0 Å². The second-order valence-corrected chi connectivity index (χ2v) is 37.4. The number of anilines is 5. The van der Waals surface area contributed by atoms with Gasteiger partial charge in [-0.05, 0) is 166 Å². The van der Waals surface area contributed by atoms with Crippen molar-refractivity contribution < 1.29 is 230 Å². The summed E-state index contributed by atoms with van der Waals surface area (Å²) in [6, 6.07) is 76.5. The quantitative estimate of drug-likeness (QED) is 0.0326. The third-order valence-corrected chi connectivity index (χ3v) is 31.0. The van der Waals surface area contributed by atoms with Gasteiger partial charge in [-0.2, -0.15) is 0 Å². The first-order valence-electron chi connectivity index (χ1n) is 42.1. The number of amides is 3. The van der Waals surface area contributed by atoms with E-state index >= 15 is 0 Å². The molecule has 7 N–H and O–H groups in total. The molecule has 0 saturated carbocycles. The summed E-state index contributed by atoms with van der Waals surface area (Å²) in [7, 11) is -1.82. The van der Waals surface area contributed by atoms with Crippen molar-refractivity contribution in [3.05, 3.63) is 388 Å². The Hall–Kier alpha value is -5.81. The van der Waals surface area contributed by atoms with E-state index in [9.17, 15) is 54.8 Å². The third kappa shape index (κ3) is 36.1. The van der Waals surface area contributed by atoms with Gasteiger partial charge in [0.2, 0.25) is 17.7 Å². The Morgan fingerprint density at radius 1 is 0.264 bits per heavy atom. The van der Waals surface area contributed by atoms with E-state index in [4.69, 9.17) is 11.5 Å². The Labute approximate surface area is 1000 Å². The summed E-state index contributed by atoms with van der Waals surface area (Å²) in [5.74, 6) is 24.7. The van der Waals surface area contributed by atoms with Gasteiger partial charge >= 0.3 is 0 Å². The van der Waals surface area contributed by atoms with Crippen molar-refractivity contribution in [2.75, 3.05) is 27.4 Å². The average molecular weight is 2460 g/mol. The second-order valence-electron chi connectivity index (χ2n) is 27.4. The van der Waals surface area contributed by atoms with Crippen LogP contribution in [-0.2, 0) is 249 Å². The zero-order valence-corrected chi connectivity index (χ0v) is 107. The standard InChI is InChI=1S/2C16H14N2O3S.C16H15NOS.C14H12N2O2S.C14H11NO2S.C14H13NS.6C2H6.6CH3.6Y/c1-10(19)17-13-8-12-7-11-5-3-4-6-15(11)22(2)16(12)9-14(13)18(20)21;1-10(19)17-13-7-8-15-12(16(13)18(20)21)9-11-5-3-4-6-14(11)22(15)2;1-11(18)17-14-7-8-16-13(10-14)9-12-5-3-4-6-15(12)19(16)2;1-19-12-5-3-2-4-9(12)8-10-13(19)7-6-11(15)14(10)16(17)18;1-18-13-7-3-2-5-10(13)9-11-12(15(16)17)6-4-8-14(11)18;1-16-13-7-3-2-5-10(13)9-11-12(15)6-4-8-14(11)16;6*1-2;;;;;;;;;;;;/h3-6,8-9H,2,7H2,1H3,(H,17,19);3-8H,2,9H2,1H3,(H,17,19);3-8,10H,2,9H2,1H3,(H,17,18);2-7H,1,8,15H2;2-8H,1,9H2;2-8H,1,9,15H2;6*1-2H3;6*1H3;;;;;;/q;;;;;;;;;;;;6*-1;;;;;;. The minimum Gasteiger partial charge on any atom is -0.398 e. The van der Waals surface area contributed by atoms with Crippen molar-refractivity contribution in [3.8, 4) is 0 Å². The Morgan fingerprint density at radius 3 is 0.900 bits per heavy atom. The summed E-state index contributed by atoms with van der Waals surface area (Å²) >= 11 is 0. The van der Waals surface area contributed by atoms with Crippen molar-refractivity contribution >= 4 is 167 Å². The number of carbonyl (C=O) groups excluding carboxylic acids is 3. The normalized spacial score (nSPS) is 13.8. The van der Waals surface area contributed by atoms with Crippen LogP contribution in [0.5, 0.6) is 0 Å². The number of nitro groups is 4. The zero-order chi connectivity index (χ0) is 94.5. The molecule has 6 radical (unpaired) electrons. The molecule has 6 unspecified atom stereocenters. The molecule has 140 heavy (non-hydrogen) atoms. The van der Waals surface area contributed by atoms with E-state index in [0.717, 1.165) is 86.3 Å². The molecule has 0 bridgehead atoms. The zero-order valence-electron chi connectivity index (χ0n) is 84.8. The number of hydrogen-bond donors (Lipinski definition) is 5. The predicted molar refractivity (Wildman–Crippen MR) is 587 cm³/mol. The number of nitro benzene ring substituents is 4. The number of rotatable bonds is 7. The number of hydrogen-bond acceptors (Lipinski definition) is 13. The van der Waals surface area contributed by atoms with E-state index in [-0.39, 0.29) is 350 Å². The number of fused-ring (bicyclic) bond motifs is 12. The van der Waals surface area contributed by atoms with Crippen LogP contribution in [0, 0.1) is 85.0 Å². The summed E-state index contributed by atoms with van der Waals surface area (Å²) in [5, 5.41) is 53.0. The average Bonchev–Trinajstić information content (AvgIpc) is 0.767. The Balaban J connectivity index is -0.000000371.